The molecular weight excluding hydrogens is 266 g/mol. The molecule has 3 rings (SSSR count). The SMILES string of the molecule is Cc1nsc(Nc2nc3ccccn3c2C(=O)O)n1. The van der Waals surface area contributed by atoms with Crippen LogP contribution in [0.15, 0.2) is 24.4 Å². The number of aryl methyl sites for hydroxylation is 1. The van der Waals surface area contributed by atoms with Crippen LogP contribution in [-0.4, -0.2) is 29.8 Å². The summed E-state index contributed by atoms with van der Waals surface area (Å²) in [5.74, 6) is -0.162. The Balaban J connectivity index is 2.12. The van der Waals surface area contributed by atoms with Gasteiger partial charge in [-0.05, 0) is 19.1 Å². The maximum absolute atomic E-state index is 11.4. The number of aromatic nitrogens is 4. The molecule has 0 saturated carbocycles. The average Bonchev–Trinajstić information content (AvgIpc) is 2.92. The first-order valence-electron chi connectivity index (χ1n) is 5.43. The lowest BCUT2D eigenvalue weighted by molar-refractivity contribution is 0.0690. The number of anilines is 2. The van der Waals surface area contributed by atoms with Crippen molar-refractivity contribution >= 4 is 34.1 Å². The second-order valence-electron chi connectivity index (χ2n) is 3.81. The minimum atomic E-state index is -1.05. The number of imidazole rings is 1. The van der Waals surface area contributed by atoms with Crippen LogP contribution in [0.4, 0.5) is 10.9 Å². The van der Waals surface area contributed by atoms with Gasteiger partial charge in [-0.3, -0.25) is 4.40 Å². The van der Waals surface area contributed by atoms with Crippen molar-refractivity contribution in [3.05, 3.63) is 35.9 Å². The van der Waals surface area contributed by atoms with Crippen LogP contribution in [0.2, 0.25) is 0 Å². The van der Waals surface area contributed by atoms with E-state index in [-0.39, 0.29) is 11.5 Å². The van der Waals surface area contributed by atoms with Crippen LogP contribution >= 0.6 is 11.5 Å². The summed E-state index contributed by atoms with van der Waals surface area (Å²) in [4.78, 5) is 19.7. The van der Waals surface area contributed by atoms with Crippen LogP contribution < -0.4 is 5.32 Å². The molecule has 0 bridgehead atoms. The Morgan fingerprint density at radius 3 is 2.95 bits per heavy atom. The van der Waals surface area contributed by atoms with Crippen LogP contribution in [0, 0.1) is 6.92 Å². The second kappa shape index (κ2) is 4.32. The normalized spacial score (nSPS) is 10.8. The Labute approximate surface area is 111 Å². The van der Waals surface area contributed by atoms with Gasteiger partial charge in [0.15, 0.2) is 11.5 Å². The van der Waals surface area contributed by atoms with Crippen molar-refractivity contribution in [3.63, 3.8) is 0 Å². The Morgan fingerprint density at radius 2 is 2.26 bits per heavy atom. The number of nitrogens with zero attached hydrogens (tertiary/aromatic N) is 4. The van der Waals surface area contributed by atoms with Gasteiger partial charge >= 0.3 is 5.97 Å². The molecule has 0 atom stereocenters. The number of fused-ring (bicyclic) bond motifs is 1. The number of aromatic carboxylic acids is 1. The molecule has 8 heteroatoms. The highest BCUT2D eigenvalue weighted by atomic mass is 32.1. The fraction of sp³-hybridized carbons (Fsp3) is 0.0909. The molecule has 0 aliphatic carbocycles. The van der Waals surface area contributed by atoms with Crippen LogP contribution in [0.25, 0.3) is 5.65 Å². The summed E-state index contributed by atoms with van der Waals surface area (Å²) in [6.45, 7) is 1.77. The summed E-state index contributed by atoms with van der Waals surface area (Å²) in [5, 5.41) is 12.7. The monoisotopic (exact) mass is 275 g/mol. The quantitative estimate of drug-likeness (QED) is 0.758. The molecule has 3 heterocycles. The van der Waals surface area contributed by atoms with Gasteiger partial charge in [0.25, 0.3) is 0 Å². The number of rotatable bonds is 3. The Bertz CT molecular complexity index is 763. The molecule has 2 N–H and O–H groups in total. The van der Waals surface area contributed by atoms with Gasteiger partial charge in [-0.25, -0.2) is 14.8 Å². The second-order valence-corrected chi connectivity index (χ2v) is 4.57. The molecule has 96 valence electrons. The van der Waals surface area contributed by atoms with Crippen LogP contribution in [0.3, 0.4) is 0 Å². The third-order valence-corrected chi connectivity index (χ3v) is 3.21. The topological polar surface area (TPSA) is 92.4 Å². The molecular formula is C11H9N5O2S. The largest absolute Gasteiger partial charge is 0.476 e. The van der Waals surface area contributed by atoms with Gasteiger partial charge in [-0.1, -0.05) is 6.07 Å². The molecule has 19 heavy (non-hydrogen) atoms. The van der Waals surface area contributed by atoms with E-state index < -0.39 is 5.97 Å². The minimum Gasteiger partial charge on any atom is -0.476 e. The molecule has 3 aromatic rings. The molecule has 0 aliphatic rings. The van der Waals surface area contributed by atoms with E-state index in [0.717, 1.165) is 11.5 Å². The predicted molar refractivity (Wildman–Crippen MR) is 70.1 cm³/mol. The van der Waals surface area contributed by atoms with Crippen molar-refractivity contribution in [1.29, 1.82) is 0 Å². The number of carbonyl (C=O) groups is 1. The lowest BCUT2D eigenvalue weighted by atomic mass is 10.4. The number of carboxylic acid groups (broad SMARTS) is 1. The van der Waals surface area contributed by atoms with Crippen molar-refractivity contribution in [2.24, 2.45) is 0 Å². The van der Waals surface area contributed by atoms with Gasteiger partial charge in [-0.15, -0.1) is 0 Å². The van der Waals surface area contributed by atoms with E-state index in [9.17, 15) is 9.90 Å². The van der Waals surface area contributed by atoms with Gasteiger partial charge in [0, 0.05) is 17.7 Å². The van der Waals surface area contributed by atoms with E-state index >= 15 is 0 Å². The van der Waals surface area contributed by atoms with E-state index in [1.807, 2.05) is 0 Å². The van der Waals surface area contributed by atoms with Crippen LogP contribution in [0.5, 0.6) is 0 Å². The van der Waals surface area contributed by atoms with Gasteiger partial charge in [0.1, 0.15) is 11.5 Å². The van der Waals surface area contributed by atoms with Crippen molar-refractivity contribution in [2.75, 3.05) is 5.32 Å². The van der Waals surface area contributed by atoms with Gasteiger partial charge in [0.2, 0.25) is 5.13 Å². The highest BCUT2D eigenvalue weighted by molar-refractivity contribution is 7.09. The average molecular weight is 275 g/mol. The molecule has 3 aromatic heterocycles. The van der Waals surface area contributed by atoms with Crippen LogP contribution in [-0.2, 0) is 0 Å². The zero-order chi connectivity index (χ0) is 13.4. The summed E-state index contributed by atoms with van der Waals surface area (Å²) < 4.78 is 5.54. The van der Waals surface area contributed by atoms with E-state index in [1.54, 1.807) is 31.3 Å². The van der Waals surface area contributed by atoms with Gasteiger partial charge in [0.05, 0.1) is 0 Å². The maximum atomic E-state index is 11.4. The third-order valence-electron chi connectivity index (χ3n) is 2.49. The highest BCUT2D eigenvalue weighted by Gasteiger charge is 2.19. The number of hydrogen-bond acceptors (Lipinski definition) is 6. The van der Waals surface area contributed by atoms with E-state index in [4.69, 9.17) is 0 Å². The lowest BCUT2D eigenvalue weighted by Gasteiger charge is -1.99. The Morgan fingerprint density at radius 1 is 1.42 bits per heavy atom. The lowest BCUT2D eigenvalue weighted by Crippen LogP contribution is -2.05. The summed E-state index contributed by atoms with van der Waals surface area (Å²) in [6.07, 6.45) is 1.66. The molecule has 0 fully saturated rings. The fourth-order valence-corrected chi connectivity index (χ4v) is 2.31. The van der Waals surface area contributed by atoms with E-state index in [2.05, 4.69) is 19.7 Å². The van der Waals surface area contributed by atoms with Crippen molar-refractivity contribution in [1.82, 2.24) is 18.7 Å². The molecule has 0 aliphatic heterocycles. The standard InChI is InChI=1S/C11H9N5O2S/c1-6-12-11(19-15-6)14-9-8(10(17)18)16-5-3-2-4-7(16)13-9/h2-5H,1H3,(H,17,18)(H,12,14,15). The molecule has 0 radical (unpaired) electrons. The third kappa shape index (κ3) is 2.02. The predicted octanol–water partition coefficient (Wildman–Crippen LogP) is 1.94. The maximum Gasteiger partial charge on any atom is 0.356 e. The van der Waals surface area contributed by atoms with Crippen molar-refractivity contribution in [2.45, 2.75) is 6.92 Å². The first kappa shape index (κ1) is 11.6. The molecule has 7 nitrogen and oxygen atoms in total. The fourth-order valence-electron chi connectivity index (χ4n) is 1.74. The summed E-state index contributed by atoms with van der Waals surface area (Å²) in [7, 11) is 0. The van der Waals surface area contributed by atoms with Crippen molar-refractivity contribution in [3.8, 4) is 0 Å². The summed E-state index contributed by atoms with van der Waals surface area (Å²) in [5.41, 5.74) is 0.632. The van der Waals surface area contributed by atoms with E-state index in [0.29, 0.717) is 16.6 Å². The molecule has 0 saturated heterocycles. The number of pyridine rings is 1. The first-order valence-corrected chi connectivity index (χ1v) is 6.20. The van der Waals surface area contributed by atoms with Crippen LogP contribution in [0.1, 0.15) is 16.3 Å². The zero-order valence-electron chi connectivity index (χ0n) is 9.86. The molecule has 0 aromatic carbocycles. The number of nitrogens with one attached hydrogen (secondary N) is 1. The molecule has 0 amide bonds. The Hall–Kier alpha value is -2.48. The summed E-state index contributed by atoms with van der Waals surface area (Å²) in [6, 6.07) is 5.29. The molecule has 0 spiro atoms. The minimum absolute atomic E-state index is 0.0726. The van der Waals surface area contributed by atoms with Crippen molar-refractivity contribution < 1.29 is 9.90 Å². The summed E-state index contributed by atoms with van der Waals surface area (Å²) >= 11 is 1.16. The smallest absolute Gasteiger partial charge is 0.356 e. The zero-order valence-corrected chi connectivity index (χ0v) is 10.7. The number of hydrogen-bond donors (Lipinski definition) is 2. The Kier molecular flexibility index (Phi) is 2.64. The van der Waals surface area contributed by atoms with E-state index in [1.165, 1.54) is 4.40 Å². The highest BCUT2D eigenvalue weighted by Crippen LogP contribution is 2.22. The van der Waals surface area contributed by atoms with Gasteiger partial charge < -0.3 is 10.4 Å². The molecule has 0 unspecified atom stereocenters. The van der Waals surface area contributed by atoms with Gasteiger partial charge in [-0.2, -0.15) is 4.37 Å². The first-order chi connectivity index (χ1) is 9.15. The number of carboxylic acids is 1.